The van der Waals surface area contributed by atoms with Gasteiger partial charge in [0.25, 0.3) is 0 Å². The van der Waals surface area contributed by atoms with Crippen LogP contribution in [0.2, 0.25) is 0 Å². The van der Waals surface area contributed by atoms with Crippen LogP contribution in [-0.4, -0.2) is 64.9 Å². The molecule has 180 valence electrons. The van der Waals surface area contributed by atoms with Gasteiger partial charge in [0, 0.05) is 0 Å². The average molecular weight is 452 g/mol. The van der Waals surface area contributed by atoms with E-state index in [1.54, 1.807) is 41.5 Å². The van der Waals surface area contributed by atoms with Gasteiger partial charge in [-0.3, -0.25) is 4.90 Å². The molecule has 1 N–H and O–H groups in total. The van der Waals surface area contributed by atoms with Crippen molar-refractivity contribution in [3.8, 4) is 5.75 Å². The molecule has 0 saturated carbocycles. The molecule has 0 spiro atoms. The van der Waals surface area contributed by atoms with Crippen LogP contribution >= 0.6 is 0 Å². The second-order valence-electron chi connectivity index (χ2n) is 10.0. The first-order chi connectivity index (χ1) is 14.8. The van der Waals surface area contributed by atoms with Gasteiger partial charge in [-0.25, -0.2) is 9.59 Å². The van der Waals surface area contributed by atoms with Gasteiger partial charge in [-0.2, -0.15) is 0 Å². The van der Waals surface area contributed by atoms with Crippen molar-refractivity contribution in [3.05, 3.63) is 29.8 Å². The number of aliphatic hydroxyl groups excluding tert-OH is 1. The summed E-state index contributed by atoms with van der Waals surface area (Å²) in [5.41, 5.74) is -0.522. The van der Waals surface area contributed by atoms with Crippen molar-refractivity contribution in [2.24, 2.45) is 0 Å². The monoisotopic (exact) mass is 451 g/mol. The fourth-order valence-corrected chi connectivity index (χ4v) is 3.32. The number of carbonyl (C=O) groups is 2. The summed E-state index contributed by atoms with van der Waals surface area (Å²) in [6.07, 6.45) is -2.19. The lowest BCUT2D eigenvalue weighted by Gasteiger charge is -2.29. The van der Waals surface area contributed by atoms with Crippen molar-refractivity contribution in [1.82, 2.24) is 4.90 Å². The molecule has 0 radical (unpaired) electrons. The highest BCUT2D eigenvalue weighted by atomic mass is 16.7. The fraction of sp³-hybridized carbons (Fsp3) is 0.667. The van der Waals surface area contributed by atoms with Crippen LogP contribution in [0.1, 0.15) is 60.5 Å². The Morgan fingerprint density at radius 1 is 1.03 bits per heavy atom. The van der Waals surface area contributed by atoms with Crippen LogP contribution in [-0.2, 0) is 20.6 Å². The van der Waals surface area contributed by atoms with E-state index in [-0.39, 0.29) is 6.54 Å². The molecule has 1 fully saturated rings. The minimum absolute atomic E-state index is 0.0116. The van der Waals surface area contributed by atoms with Gasteiger partial charge in [-0.15, -0.1) is 0 Å². The minimum atomic E-state index is -1.09. The first kappa shape index (κ1) is 25.8. The summed E-state index contributed by atoms with van der Waals surface area (Å²) in [4.78, 5) is 26.4. The van der Waals surface area contributed by atoms with Crippen LogP contribution in [0.25, 0.3) is 0 Å². The number of nitrogens with zero attached hydrogens (tertiary/aromatic N) is 1. The van der Waals surface area contributed by atoms with Crippen LogP contribution in [0.15, 0.2) is 24.3 Å². The zero-order chi connectivity index (χ0) is 24.1. The van der Waals surface area contributed by atoms with E-state index < -0.39 is 41.7 Å². The molecule has 3 atom stereocenters. The van der Waals surface area contributed by atoms with E-state index in [4.69, 9.17) is 18.9 Å². The Kier molecular flexibility index (Phi) is 8.40. The number of benzene rings is 1. The van der Waals surface area contributed by atoms with Gasteiger partial charge in [0.15, 0.2) is 6.10 Å². The van der Waals surface area contributed by atoms with Crippen molar-refractivity contribution in [2.45, 2.75) is 90.8 Å². The Labute approximate surface area is 190 Å². The summed E-state index contributed by atoms with van der Waals surface area (Å²) >= 11 is 0. The Hall–Kier alpha value is -2.48. The standard InChI is InChI=1S/C24H37NO7/c1-8-13-29-17-11-9-16(10-12-17)14-18-20(26)19(30-22(28)32-24(5,6)7)15-25(18)21(27)31-23(2,3)4/h9-12,18-20,26H,8,13-15H2,1-7H3/t18-,19+,20+/m1/s1. The molecule has 0 unspecified atom stereocenters. The molecule has 1 aromatic rings. The molecule has 32 heavy (non-hydrogen) atoms. The Morgan fingerprint density at radius 2 is 1.62 bits per heavy atom. The Morgan fingerprint density at radius 3 is 2.16 bits per heavy atom. The Balaban J connectivity index is 2.17. The first-order valence-corrected chi connectivity index (χ1v) is 11.1. The Bertz CT molecular complexity index is 764. The third-order valence-electron chi connectivity index (χ3n) is 4.66. The lowest BCUT2D eigenvalue weighted by atomic mass is 10.0. The van der Waals surface area contributed by atoms with Crippen LogP contribution in [0.4, 0.5) is 9.59 Å². The average Bonchev–Trinajstić information content (AvgIpc) is 2.94. The molecular weight excluding hydrogens is 414 g/mol. The zero-order valence-electron chi connectivity index (χ0n) is 20.2. The van der Waals surface area contributed by atoms with Crippen molar-refractivity contribution in [3.63, 3.8) is 0 Å². The van der Waals surface area contributed by atoms with Gasteiger partial charge < -0.3 is 24.1 Å². The highest BCUT2D eigenvalue weighted by Gasteiger charge is 2.47. The molecule has 1 aliphatic heterocycles. The summed E-state index contributed by atoms with van der Waals surface area (Å²) in [5.74, 6) is 0.762. The smallest absolute Gasteiger partial charge is 0.494 e. The van der Waals surface area contributed by atoms with Crippen molar-refractivity contribution < 1.29 is 33.6 Å². The van der Waals surface area contributed by atoms with Crippen molar-refractivity contribution in [2.75, 3.05) is 13.2 Å². The number of rotatable bonds is 6. The number of aliphatic hydroxyl groups is 1. The van der Waals surface area contributed by atoms with Gasteiger partial charge in [0.1, 0.15) is 23.1 Å². The second kappa shape index (κ2) is 10.4. The number of likely N-dealkylation sites (tertiary alicyclic amines) is 1. The van der Waals surface area contributed by atoms with E-state index in [1.165, 1.54) is 4.90 Å². The van der Waals surface area contributed by atoms with Crippen LogP contribution in [0, 0.1) is 0 Å². The summed E-state index contributed by atoms with van der Waals surface area (Å²) in [6, 6.07) is 6.89. The van der Waals surface area contributed by atoms with E-state index in [1.807, 2.05) is 31.2 Å². The SMILES string of the molecule is CCCOc1ccc(C[C@@H]2[C@H](O)[C@@H](OC(=O)OC(C)(C)C)CN2C(=O)OC(C)(C)C)cc1. The molecule has 1 aliphatic rings. The van der Waals surface area contributed by atoms with E-state index >= 15 is 0 Å². The van der Waals surface area contributed by atoms with Crippen molar-refractivity contribution in [1.29, 1.82) is 0 Å². The summed E-state index contributed by atoms with van der Waals surface area (Å²) in [7, 11) is 0. The lowest BCUT2D eigenvalue weighted by Crippen LogP contribution is -2.43. The number of hydrogen-bond donors (Lipinski definition) is 1. The summed E-state index contributed by atoms with van der Waals surface area (Å²) in [5, 5.41) is 10.9. The minimum Gasteiger partial charge on any atom is -0.494 e. The summed E-state index contributed by atoms with van der Waals surface area (Å²) < 4.78 is 21.7. The van der Waals surface area contributed by atoms with Gasteiger partial charge in [0.05, 0.1) is 19.2 Å². The molecule has 8 nitrogen and oxygen atoms in total. The number of carbonyl (C=O) groups excluding carboxylic acids is 2. The quantitative estimate of drug-likeness (QED) is 0.644. The van der Waals surface area contributed by atoms with E-state index in [2.05, 4.69) is 0 Å². The molecule has 1 heterocycles. The van der Waals surface area contributed by atoms with Crippen LogP contribution < -0.4 is 4.74 Å². The molecule has 2 rings (SSSR count). The number of hydrogen-bond acceptors (Lipinski definition) is 7. The summed E-state index contributed by atoms with van der Waals surface area (Å²) in [6.45, 7) is 13.2. The molecule has 8 heteroatoms. The zero-order valence-corrected chi connectivity index (χ0v) is 20.2. The van der Waals surface area contributed by atoms with Crippen molar-refractivity contribution >= 4 is 12.2 Å². The predicted octanol–water partition coefficient (Wildman–Crippen LogP) is 4.32. The van der Waals surface area contributed by atoms with Crippen LogP contribution in [0.5, 0.6) is 5.75 Å². The van der Waals surface area contributed by atoms with Gasteiger partial charge >= 0.3 is 12.2 Å². The molecule has 1 saturated heterocycles. The predicted molar refractivity (Wildman–Crippen MR) is 120 cm³/mol. The van der Waals surface area contributed by atoms with E-state index in [9.17, 15) is 14.7 Å². The van der Waals surface area contributed by atoms with Gasteiger partial charge in [-0.05, 0) is 72.1 Å². The molecule has 0 aliphatic carbocycles. The molecule has 0 bridgehead atoms. The molecule has 0 aromatic heterocycles. The lowest BCUT2D eigenvalue weighted by molar-refractivity contribution is -0.0486. The third-order valence-corrected chi connectivity index (χ3v) is 4.66. The maximum Gasteiger partial charge on any atom is 0.509 e. The number of ether oxygens (including phenoxy) is 4. The second-order valence-corrected chi connectivity index (χ2v) is 10.0. The molecular formula is C24H37NO7. The van der Waals surface area contributed by atoms with Gasteiger partial charge in [0.2, 0.25) is 0 Å². The third kappa shape index (κ3) is 7.89. The van der Waals surface area contributed by atoms with E-state index in [0.717, 1.165) is 17.7 Å². The number of amides is 1. The first-order valence-electron chi connectivity index (χ1n) is 11.1. The topological polar surface area (TPSA) is 94.5 Å². The normalized spacial score (nSPS) is 21.2. The fourth-order valence-electron chi connectivity index (χ4n) is 3.32. The van der Waals surface area contributed by atoms with Crippen LogP contribution in [0.3, 0.4) is 0 Å². The van der Waals surface area contributed by atoms with E-state index in [0.29, 0.717) is 13.0 Å². The van der Waals surface area contributed by atoms with Gasteiger partial charge in [-0.1, -0.05) is 19.1 Å². The highest BCUT2D eigenvalue weighted by molar-refractivity contribution is 5.69. The largest absolute Gasteiger partial charge is 0.509 e. The molecule has 1 amide bonds. The molecule has 1 aromatic carbocycles. The highest BCUT2D eigenvalue weighted by Crippen LogP contribution is 2.28. The maximum atomic E-state index is 12.8. The maximum absolute atomic E-state index is 12.8.